The number of hydrogen-bond acceptors (Lipinski definition) is 1. The second-order valence-corrected chi connectivity index (χ2v) is 6.80. The molecule has 0 radical (unpaired) electrons. The summed E-state index contributed by atoms with van der Waals surface area (Å²) >= 11 is 3.40. The molecule has 2 aromatic rings. The SMILES string of the molecule is Fc1ccc(COc2ccc(C3CCCCC3)cc2)c(CBr)c1. The van der Waals surface area contributed by atoms with Crippen molar-refractivity contribution in [2.45, 2.75) is 50.0 Å². The maximum absolute atomic E-state index is 13.3. The van der Waals surface area contributed by atoms with Crippen LogP contribution in [0.25, 0.3) is 0 Å². The Balaban J connectivity index is 1.62. The molecule has 2 aromatic carbocycles. The third-order valence-electron chi connectivity index (χ3n) is 4.66. The van der Waals surface area contributed by atoms with Gasteiger partial charge in [-0.1, -0.05) is 53.4 Å². The van der Waals surface area contributed by atoms with E-state index in [2.05, 4.69) is 40.2 Å². The van der Waals surface area contributed by atoms with Crippen LogP contribution in [0, 0.1) is 5.82 Å². The number of benzene rings is 2. The minimum Gasteiger partial charge on any atom is -0.489 e. The molecule has 0 N–H and O–H groups in total. The summed E-state index contributed by atoms with van der Waals surface area (Å²) in [7, 11) is 0. The van der Waals surface area contributed by atoms with Crippen molar-refractivity contribution >= 4 is 15.9 Å². The molecule has 1 aliphatic rings. The molecule has 0 saturated heterocycles. The van der Waals surface area contributed by atoms with Gasteiger partial charge in [-0.15, -0.1) is 0 Å². The van der Waals surface area contributed by atoms with Gasteiger partial charge in [0.2, 0.25) is 0 Å². The number of alkyl halides is 1. The molecule has 0 atom stereocenters. The van der Waals surface area contributed by atoms with Gasteiger partial charge in [-0.2, -0.15) is 0 Å². The number of hydrogen-bond donors (Lipinski definition) is 0. The Labute approximate surface area is 146 Å². The number of ether oxygens (including phenoxy) is 1. The summed E-state index contributed by atoms with van der Waals surface area (Å²) in [4.78, 5) is 0. The Morgan fingerprint density at radius 1 is 0.957 bits per heavy atom. The summed E-state index contributed by atoms with van der Waals surface area (Å²) in [5.74, 6) is 1.38. The summed E-state index contributed by atoms with van der Waals surface area (Å²) in [6, 6.07) is 13.3. The van der Waals surface area contributed by atoms with Crippen LogP contribution < -0.4 is 4.74 Å². The molecule has 23 heavy (non-hydrogen) atoms. The van der Waals surface area contributed by atoms with Gasteiger partial charge in [0.15, 0.2) is 0 Å². The second-order valence-electron chi connectivity index (χ2n) is 6.24. The minimum atomic E-state index is -0.208. The topological polar surface area (TPSA) is 9.23 Å². The average Bonchev–Trinajstić information content (AvgIpc) is 2.62. The van der Waals surface area contributed by atoms with E-state index in [1.165, 1.54) is 43.7 Å². The fourth-order valence-corrected chi connectivity index (χ4v) is 3.81. The number of rotatable bonds is 5. The largest absolute Gasteiger partial charge is 0.489 e. The zero-order valence-electron chi connectivity index (χ0n) is 13.2. The van der Waals surface area contributed by atoms with Gasteiger partial charge in [0.05, 0.1) is 0 Å². The van der Waals surface area contributed by atoms with Crippen molar-refractivity contribution in [1.82, 2.24) is 0 Å². The van der Waals surface area contributed by atoms with Gasteiger partial charge in [0, 0.05) is 5.33 Å². The minimum absolute atomic E-state index is 0.208. The smallest absolute Gasteiger partial charge is 0.123 e. The molecule has 0 aliphatic heterocycles. The quantitative estimate of drug-likeness (QED) is 0.552. The summed E-state index contributed by atoms with van der Waals surface area (Å²) in [6.07, 6.45) is 6.70. The van der Waals surface area contributed by atoms with Crippen molar-refractivity contribution in [3.05, 3.63) is 65.0 Å². The first-order chi connectivity index (χ1) is 11.3. The summed E-state index contributed by atoms with van der Waals surface area (Å²) in [5.41, 5.74) is 3.38. The predicted molar refractivity (Wildman–Crippen MR) is 95.6 cm³/mol. The average molecular weight is 377 g/mol. The lowest BCUT2D eigenvalue weighted by atomic mass is 9.84. The van der Waals surface area contributed by atoms with E-state index in [1.807, 2.05) is 0 Å². The van der Waals surface area contributed by atoms with Crippen LogP contribution in [0.1, 0.15) is 54.7 Å². The highest BCUT2D eigenvalue weighted by Gasteiger charge is 2.15. The van der Waals surface area contributed by atoms with Crippen LogP contribution in [0.3, 0.4) is 0 Å². The zero-order valence-corrected chi connectivity index (χ0v) is 14.8. The first-order valence-corrected chi connectivity index (χ1v) is 9.44. The maximum Gasteiger partial charge on any atom is 0.123 e. The summed E-state index contributed by atoms with van der Waals surface area (Å²) < 4.78 is 19.1. The van der Waals surface area contributed by atoms with Gasteiger partial charge in [-0.3, -0.25) is 0 Å². The van der Waals surface area contributed by atoms with Gasteiger partial charge in [-0.25, -0.2) is 4.39 Å². The van der Waals surface area contributed by atoms with E-state index >= 15 is 0 Å². The zero-order chi connectivity index (χ0) is 16.1. The Morgan fingerprint density at radius 2 is 1.70 bits per heavy atom. The maximum atomic E-state index is 13.3. The monoisotopic (exact) mass is 376 g/mol. The second kappa shape index (κ2) is 7.96. The lowest BCUT2D eigenvalue weighted by Gasteiger charge is -2.22. The molecule has 3 rings (SSSR count). The van der Waals surface area contributed by atoms with Crippen molar-refractivity contribution in [2.75, 3.05) is 0 Å². The van der Waals surface area contributed by atoms with Crippen LogP contribution in [0.4, 0.5) is 4.39 Å². The molecule has 0 unspecified atom stereocenters. The van der Waals surface area contributed by atoms with Gasteiger partial charge in [-0.05, 0) is 59.7 Å². The van der Waals surface area contributed by atoms with Gasteiger partial charge in [0.1, 0.15) is 18.2 Å². The molecule has 122 valence electrons. The molecule has 0 bridgehead atoms. The molecule has 1 saturated carbocycles. The van der Waals surface area contributed by atoms with Crippen molar-refractivity contribution < 1.29 is 9.13 Å². The van der Waals surface area contributed by atoms with Crippen LogP contribution >= 0.6 is 15.9 Å². The van der Waals surface area contributed by atoms with Crippen LogP contribution in [0.15, 0.2) is 42.5 Å². The van der Waals surface area contributed by atoms with Crippen molar-refractivity contribution in [2.24, 2.45) is 0 Å². The molecule has 0 spiro atoms. The highest BCUT2D eigenvalue weighted by atomic mass is 79.9. The molecule has 0 aromatic heterocycles. The van der Waals surface area contributed by atoms with Crippen molar-refractivity contribution in [3.8, 4) is 5.75 Å². The van der Waals surface area contributed by atoms with Gasteiger partial charge in [0.25, 0.3) is 0 Å². The molecular weight excluding hydrogens is 355 g/mol. The van der Waals surface area contributed by atoms with E-state index in [0.29, 0.717) is 11.9 Å². The molecule has 1 nitrogen and oxygen atoms in total. The van der Waals surface area contributed by atoms with Crippen LogP contribution in [-0.4, -0.2) is 0 Å². The predicted octanol–water partition coefficient (Wildman–Crippen LogP) is 6.35. The molecule has 0 amide bonds. The normalized spacial score (nSPS) is 15.6. The Hall–Kier alpha value is -1.35. The Bertz CT molecular complexity index is 633. The lowest BCUT2D eigenvalue weighted by molar-refractivity contribution is 0.305. The van der Waals surface area contributed by atoms with Crippen LogP contribution in [0.5, 0.6) is 5.75 Å². The van der Waals surface area contributed by atoms with E-state index in [1.54, 1.807) is 12.1 Å². The standard InChI is InChI=1S/C20H22BrFO/c21-13-18-12-19(22)9-6-17(18)14-23-20-10-7-16(8-11-20)15-4-2-1-3-5-15/h6-12,15H,1-5,13-14H2. The highest BCUT2D eigenvalue weighted by molar-refractivity contribution is 9.08. The van der Waals surface area contributed by atoms with Gasteiger partial charge < -0.3 is 4.74 Å². The first kappa shape index (κ1) is 16.5. The van der Waals surface area contributed by atoms with Crippen LogP contribution in [-0.2, 0) is 11.9 Å². The first-order valence-electron chi connectivity index (χ1n) is 8.32. The molecule has 0 heterocycles. The molecule has 1 fully saturated rings. The number of halogens is 2. The summed E-state index contributed by atoms with van der Waals surface area (Å²) in [5, 5.41) is 0.629. The Morgan fingerprint density at radius 3 is 2.39 bits per heavy atom. The highest BCUT2D eigenvalue weighted by Crippen LogP contribution is 2.33. The molecule has 3 heteroatoms. The third kappa shape index (κ3) is 4.35. The third-order valence-corrected chi connectivity index (χ3v) is 5.27. The van der Waals surface area contributed by atoms with E-state index in [-0.39, 0.29) is 5.82 Å². The van der Waals surface area contributed by atoms with Crippen LogP contribution in [0.2, 0.25) is 0 Å². The summed E-state index contributed by atoms with van der Waals surface area (Å²) in [6.45, 7) is 0.462. The fraction of sp³-hybridized carbons (Fsp3) is 0.400. The van der Waals surface area contributed by atoms with E-state index in [4.69, 9.17) is 4.74 Å². The molecular formula is C20H22BrFO. The fourth-order valence-electron chi connectivity index (χ4n) is 3.29. The van der Waals surface area contributed by atoms with E-state index in [9.17, 15) is 4.39 Å². The van der Waals surface area contributed by atoms with E-state index in [0.717, 1.165) is 22.8 Å². The Kier molecular flexibility index (Phi) is 5.71. The van der Waals surface area contributed by atoms with E-state index < -0.39 is 0 Å². The van der Waals surface area contributed by atoms with Crippen molar-refractivity contribution in [1.29, 1.82) is 0 Å². The lowest BCUT2D eigenvalue weighted by Crippen LogP contribution is -2.04. The van der Waals surface area contributed by atoms with Crippen molar-refractivity contribution in [3.63, 3.8) is 0 Å². The molecule has 1 aliphatic carbocycles. The van der Waals surface area contributed by atoms with Gasteiger partial charge >= 0.3 is 0 Å².